The summed E-state index contributed by atoms with van der Waals surface area (Å²) in [4.78, 5) is 6.73. The molecule has 1 aromatic heterocycles. The minimum Gasteiger partial charge on any atom is -0.365 e. The van der Waals surface area contributed by atoms with Crippen molar-refractivity contribution in [3.63, 3.8) is 0 Å². The van der Waals surface area contributed by atoms with Gasteiger partial charge in [-0.2, -0.15) is 0 Å². The van der Waals surface area contributed by atoms with Crippen LogP contribution >= 0.6 is 0 Å². The Morgan fingerprint density at radius 2 is 2.10 bits per heavy atom. The monoisotopic (exact) mass is 281 g/mol. The molecule has 1 aromatic carbocycles. The summed E-state index contributed by atoms with van der Waals surface area (Å²) in [6.45, 7) is 7.42. The number of hydrogen-bond acceptors (Lipinski definition) is 3. The molecule has 1 aliphatic rings. The fourth-order valence-electron chi connectivity index (χ4n) is 2.93. The number of rotatable bonds is 3. The number of hydrogen-bond donors (Lipinski definition) is 1. The molecule has 3 rings (SSSR count). The third-order valence-electron chi connectivity index (χ3n) is 4.45. The Balaban J connectivity index is 1.94. The molecule has 0 amide bonds. The van der Waals surface area contributed by atoms with Crippen molar-refractivity contribution in [3.8, 4) is 0 Å². The zero-order valence-corrected chi connectivity index (χ0v) is 12.8. The number of aromatic nitrogens is 1. The summed E-state index contributed by atoms with van der Waals surface area (Å²) >= 11 is 0. The number of anilines is 1. The SMILES string of the molecule is CCC1(C)CN(Cc2cccnc2)c2ccccc2CN1. The van der Waals surface area contributed by atoms with Crippen LogP contribution in [0.3, 0.4) is 0 Å². The van der Waals surface area contributed by atoms with Crippen molar-refractivity contribution in [2.24, 2.45) is 0 Å². The number of para-hydroxylation sites is 1. The molecule has 2 heterocycles. The second-order valence-electron chi connectivity index (χ2n) is 6.11. The summed E-state index contributed by atoms with van der Waals surface area (Å²) < 4.78 is 0. The zero-order valence-electron chi connectivity index (χ0n) is 12.8. The first kappa shape index (κ1) is 14.1. The first-order chi connectivity index (χ1) is 10.2. The summed E-state index contributed by atoms with van der Waals surface area (Å²) in [5.74, 6) is 0. The molecule has 0 saturated heterocycles. The van der Waals surface area contributed by atoms with Crippen LogP contribution in [-0.2, 0) is 13.1 Å². The van der Waals surface area contributed by atoms with Crippen LogP contribution in [0, 0.1) is 0 Å². The maximum atomic E-state index is 4.24. The molecule has 1 N–H and O–H groups in total. The number of fused-ring (bicyclic) bond motifs is 1. The van der Waals surface area contributed by atoms with Gasteiger partial charge in [0.2, 0.25) is 0 Å². The maximum Gasteiger partial charge on any atom is 0.0445 e. The summed E-state index contributed by atoms with van der Waals surface area (Å²) in [6.07, 6.45) is 4.91. The molecule has 3 heteroatoms. The second-order valence-corrected chi connectivity index (χ2v) is 6.11. The van der Waals surface area contributed by atoms with E-state index in [1.807, 2.05) is 18.5 Å². The van der Waals surface area contributed by atoms with E-state index in [1.54, 1.807) is 0 Å². The molecule has 1 atom stereocenters. The first-order valence-corrected chi connectivity index (χ1v) is 7.67. The molecular formula is C18H23N3. The standard InChI is InChI=1S/C18H23N3/c1-3-18(2)14-21(13-15-7-6-10-19-11-15)17-9-5-4-8-16(17)12-20-18/h4-11,20H,3,12-14H2,1-2H3. The molecule has 1 aliphatic heterocycles. The van der Waals surface area contributed by atoms with Gasteiger partial charge in [0.25, 0.3) is 0 Å². The molecule has 3 nitrogen and oxygen atoms in total. The quantitative estimate of drug-likeness (QED) is 0.935. The van der Waals surface area contributed by atoms with Gasteiger partial charge in [0.15, 0.2) is 0 Å². The van der Waals surface area contributed by atoms with Crippen LogP contribution in [0.15, 0.2) is 48.8 Å². The molecule has 0 radical (unpaired) electrons. The Labute approximate surface area is 127 Å². The molecular weight excluding hydrogens is 258 g/mol. The molecule has 110 valence electrons. The van der Waals surface area contributed by atoms with Crippen molar-refractivity contribution in [2.45, 2.75) is 38.9 Å². The van der Waals surface area contributed by atoms with Gasteiger partial charge < -0.3 is 10.2 Å². The van der Waals surface area contributed by atoms with E-state index in [1.165, 1.54) is 16.8 Å². The van der Waals surface area contributed by atoms with Crippen LogP contribution in [-0.4, -0.2) is 17.1 Å². The van der Waals surface area contributed by atoms with Crippen molar-refractivity contribution in [1.82, 2.24) is 10.3 Å². The Kier molecular flexibility index (Phi) is 3.93. The fraction of sp³-hybridized carbons (Fsp3) is 0.389. The van der Waals surface area contributed by atoms with E-state index >= 15 is 0 Å². The summed E-state index contributed by atoms with van der Waals surface area (Å²) in [6, 6.07) is 12.9. The van der Waals surface area contributed by atoms with E-state index in [9.17, 15) is 0 Å². The van der Waals surface area contributed by atoms with Gasteiger partial charge in [-0.25, -0.2) is 0 Å². The number of nitrogens with one attached hydrogen (secondary N) is 1. The molecule has 0 fully saturated rings. The van der Waals surface area contributed by atoms with Crippen LogP contribution < -0.4 is 10.2 Å². The maximum absolute atomic E-state index is 4.24. The lowest BCUT2D eigenvalue weighted by atomic mass is 9.98. The van der Waals surface area contributed by atoms with Crippen LogP contribution in [0.1, 0.15) is 31.4 Å². The lowest BCUT2D eigenvalue weighted by molar-refractivity contribution is 0.349. The lowest BCUT2D eigenvalue weighted by Crippen LogP contribution is -2.48. The third-order valence-corrected chi connectivity index (χ3v) is 4.45. The van der Waals surface area contributed by atoms with Crippen LogP contribution in [0.5, 0.6) is 0 Å². The van der Waals surface area contributed by atoms with Gasteiger partial charge >= 0.3 is 0 Å². The third kappa shape index (κ3) is 3.08. The minimum absolute atomic E-state index is 0.140. The van der Waals surface area contributed by atoms with E-state index in [-0.39, 0.29) is 5.54 Å². The molecule has 1 unspecified atom stereocenters. The Hall–Kier alpha value is -1.87. The largest absolute Gasteiger partial charge is 0.365 e. The van der Waals surface area contributed by atoms with Gasteiger partial charge in [-0.1, -0.05) is 31.2 Å². The topological polar surface area (TPSA) is 28.2 Å². The average molecular weight is 281 g/mol. The van der Waals surface area contributed by atoms with Crippen molar-refractivity contribution in [1.29, 1.82) is 0 Å². The van der Waals surface area contributed by atoms with Gasteiger partial charge in [-0.05, 0) is 36.6 Å². The van der Waals surface area contributed by atoms with Crippen LogP contribution in [0.2, 0.25) is 0 Å². The number of benzene rings is 1. The molecule has 0 bridgehead atoms. The minimum atomic E-state index is 0.140. The van der Waals surface area contributed by atoms with Crippen molar-refractivity contribution in [3.05, 3.63) is 59.9 Å². The lowest BCUT2D eigenvalue weighted by Gasteiger charge is -2.34. The van der Waals surface area contributed by atoms with Crippen molar-refractivity contribution < 1.29 is 0 Å². The zero-order chi connectivity index (χ0) is 14.7. The Morgan fingerprint density at radius 1 is 1.24 bits per heavy atom. The summed E-state index contributed by atoms with van der Waals surface area (Å²) in [5.41, 5.74) is 4.11. The van der Waals surface area contributed by atoms with Crippen LogP contribution in [0.4, 0.5) is 5.69 Å². The highest BCUT2D eigenvalue weighted by Gasteiger charge is 2.29. The molecule has 0 spiro atoms. The highest BCUT2D eigenvalue weighted by atomic mass is 15.2. The fourth-order valence-corrected chi connectivity index (χ4v) is 2.93. The highest BCUT2D eigenvalue weighted by Crippen LogP contribution is 2.28. The molecule has 21 heavy (non-hydrogen) atoms. The Bertz CT molecular complexity index is 596. The molecule has 0 aliphatic carbocycles. The summed E-state index contributed by atoms with van der Waals surface area (Å²) in [7, 11) is 0. The van der Waals surface area contributed by atoms with E-state index in [4.69, 9.17) is 0 Å². The van der Waals surface area contributed by atoms with Gasteiger partial charge in [-0.15, -0.1) is 0 Å². The first-order valence-electron chi connectivity index (χ1n) is 7.67. The summed E-state index contributed by atoms with van der Waals surface area (Å²) in [5, 5.41) is 3.72. The van der Waals surface area contributed by atoms with E-state index in [2.05, 4.69) is 59.4 Å². The van der Waals surface area contributed by atoms with E-state index in [0.29, 0.717) is 0 Å². The molecule has 2 aromatic rings. The number of nitrogens with zero attached hydrogens (tertiary/aromatic N) is 2. The second kappa shape index (κ2) is 5.86. The average Bonchev–Trinajstić information content (AvgIpc) is 2.67. The Morgan fingerprint density at radius 3 is 2.86 bits per heavy atom. The van der Waals surface area contributed by atoms with Gasteiger partial charge in [0.05, 0.1) is 0 Å². The normalized spacial score (nSPS) is 21.7. The highest BCUT2D eigenvalue weighted by molar-refractivity contribution is 5.55. The van der Waals surface area contributed by atoms with Crippen molar-refractivity contribution in [2.75, 3.05) is 11.4 Å². The van der Waals surface area contributed by atoms with Gasteiger partial charge in [0.1, 0.15) is 0 Å². The van der Waals surface area contributed by atoms with Crippen LogP contribution in [0.25, 0.3) is 0 Å². The van der Waals surface area contributed by atoms with E-state index in [0.717, 1.165) is 26.1 Å². The van der Waals surface area contributed by atoms with Gasteiger partial charge in [0, 0.05) is 43.3 Å². The number of pyridine rings is 1. The smallest absolute Gasteiger partial charge is 0.0445 e. The van der Waals surface area contributed by atoms with Gasteiger partial charge in [-0.3, -0.25) is 4.98 Å². The van der Waals surface area contributed by atoms with E-state index < -0.39 is 0 Å². The predicted molar refractivity (Wildman–Crippen MR) is 87.3 cm³/mol. The molecule has 0 saturated carbocycles. The predicted octanol–water partition coefficient (Wildman–Crippen LogP) is 3.36. The van der Waals surface area contributed by atoms with Crippen molar-refractivity contribution >= 4 is 5.69 Å².